The molecule has 0 N–H and O–H groups in total. The first kappa shape index (κ1) is 26.7. The normalized spacial score (nSPS) is 12.8. The molecular formula is C19H41N2O2PS2. The number of hydrogen-bond donors (Lipinski definition) is 0. The van der Waals surface area contributed by atoms with Gasteiger partial charge in [0.05, 0.1) is 13.2 Å². The van der Waals surface area contributed by atoms with E-state index in [0.29, 0.717) is 37.2 Å². The molecule has 0 aliphatic carbocycles. The monoisotopic (exact) mass is 424 g/mol. The molecule has 0 amide bonds. The molecule has 7 heteroatoms. The van der Waals surface area contributed by atoms with E-state index in [-0.39, 0.29) is 5.12 Å². The van der Waals surface area contributed by atoms with Crippen LogP contribution >= 0.6 is 30.6 Å². The lowest BCUT2D eigenvalue weighted by molar-refractivity contribution is -0.110. The Labute approximate surface area is 172 Å². The van der Waals surface area contributed by atoms with Crippen molar-refractivity contribution >= 4 is 35.7 Å². The molecule has 0 aliphatic heterocycles. The van der Waals surface area contributed by atoms with E-state index in [9.17, 15) is 4.79 Å². The smallest absolute Gasteiger partial charge is 0.188 e. The molecular weight excluding hydrogens is 383 g/mol. The summed E-state index contributed by atoms with van der Waals surface area (Å²) in [5, 5.41) is 0.250. The number of rotatable bonds is 14. The summed E-state index contributed by atoms with van der Waals surface area (Å²) in [6.45, 7) is 21.7. The van der Waals surface area contributed by atoms with Crippen molar-refractivity contribution in [2.24, 2.45) is 0 Å². The van der Waals surface area contributed by atoms with Gasteiger partial charge in [-0.3, -0.25) is 14.1 Å². The van der Waals surface area contributed by atoms with Gasteiger partial charge in [0.15, 0.2) is 5.12 Å². The molecule has 0 bridgehead atoms. The number of carbonyl (C=O) groups is 1. The third kappa shape index (κ3) is 10.3. The molecule has 0 saturated carbocycles. The number of nitrogens with zero attached hydrogens (tertiary/aromatic N) is 2. The average molecular weight is 425 g/mol. The Morgan fingerprint density at radius 3 is 1.65 bits per heavy atom. The first-order valence-corrected chi connectivity index (χ1v) is 13.7. The summed E-state index contributed by atoms with van der Waals surface area (Å²) >= 11 is 3.42. The van der Waals surface area contributed by atoms with Gasteiger partial charge in [-0.15, -0.1) is 0 Å². The minimum Gasteiger partial charge on any atom is -0.380 e. The van der Waals surface area contributed by atoms with Gasteiger partial charge in [-0.05, 0) is 55.4 Å². The number of hydrogen-bond acceptors (Lipinski definition) is 6. The molecule has 0 rings (SSSR count). The van der Waals surface area contributed by atoms with Crippen molar-refractivity contribution in [3.05, 3.63) is 0 Å². The second-order valence-corrected chi connectivity index (χ2v) is 12.4. The van der Waals surface area contributed by atoms with Crippen molar-refractivity contribution in [2.75, 3.05) is 24.7 Å². The van der Waals surface area contributed by atoms with Crippen LogP contribution in [-0.4, -0.2) is 63.3 Å². The highest BCUT2D eigenvalue weighted by Crippen LogP contribution is 2.59. The Kier molecular flexibility index (Phi) is 15.0. The highest BCUT2D eigenvalue weighted by molar-refractivity contribution is 8.54. The topological polar surface area (TPSA) is 32.8 Å². The predicted molar refractivity (Wildman–Crippen MR) is 122 cm³/mol. The molecule has 0 fully saturated rings. The molecule has 0 aromatic carbocycles. The zero-order valence-electron chi connectivity index (χ0n) is 18.3. The van der Waals surface area contributed by atoms with Gasteiger partial charge in [0.1, 0.15) is 7.42 Å². The third-order valence-corrected chi connectivity index (χ3v) is 10.3. The Balaban J connectivity index is 4.70. The Morgan fingerprint density at radius 2 is 1.27 bits per heavy atom. The fraction of sp³-hybridized carbons (Fsp3) is 0.947. The molecule has 0 radical (unpaired) electrons. The maximum absolute atomic E-state index is 11.3. The summed E-state index contributed by atoms with van der Waals surface area (Å²) in [4.78, 5) is 11.3. The van der Waals surface area contributed by atoms with Crippen LogP contribution in [0.15, 0.2) is 0 Å². The fourth-order valence-corrected chi connectivity index (χ4v) is 9.68. The van der Waals surface area contributed by atoms with Crippen molar-refractivity contribution in [2.45, 2.75) is 92.9 Å². The van der Waals surface area contributed by atoms with E-state index in [2.05, 4.69) is 64.7 Å². The number of thioether (sulfide) groups is 1. The van der Waals surface area contributed by atoms with Crippen LogP contribution in [0, 0.1) is 0 Å². The number of carbonyl (C=O) groups excluding carboxylic acids is 1. The first-order valence-electron chi connectivity index (χ1n) is 9.86. The molecule has 26 heavy (non-hydrogen) atoms. The van der Waals surface area contributed by atoms with Crippen molar-refractivity contribution in [1.82, 2.24) is 9.34 Å². The van der Waals surface area contributed by atoms with Gasteiger partial charge in [0.25, 0.3) is 0 Å². The summed E-state index contributed by atoms with van der Waals surface area (Å²) in [6.07, 6.45) is 0.602. The van der Waals surface area contributed by atoms with Crippen LogP contribution in [0.5, 0.6) is 0 Å². The summed E-state index contributed by atoms with van der Waals surface area (Å²) < 4.78 is 11.1. The molecule has 0 aromatic rings. The molecule has 0 heterocycles. The molecule has 0 spiro atoms. The van der Waals surface area contributed by atoms with Gasteiger partial charge in [0.2, 0.25) is 0 Å². The Bertz CT molecular complexity index is 347. The van der Waals surface area contributed by atoms with Gasteiger partial charge in [0, 0.05) is 42.1 Å². The summed E-state index contributed by atoms with van der Waals surface area (Å²) in [5.41, 5.74) is 0. The van der Waals surface area contributed by atoms with Crippen molar-refractivity contribution in [3.63, 3.8) is 0 Å². The molecule has 4 nitrogen and oxygen atoms in total. The summed E-state index contributed by atoms with van der Waals surface area (Å²) in [6, 6.07) is 2.08. The largest absolute Gasteiger partial charge is 0.380 e. The van der Waals surface area contributed by atoms with E-state index < -0.39 is 7.42 Å². The highest BCUT2D eigenvalue weighted by Gasteiger charge is 2.33. The van der Waals surface area contributed by atoms with Crippen LogP contribution in [0.25, 0.3) is 0 Å². The van der Waals surface area contributed by atoms with Crippen LogP contribution in [0.2, 0.25) is 0 Å². The van der Waals surface area contributed by atoms with Crippen LogP contribution in [0.4, 0.5) is 0 Å². The van der Waals surface area contributed by atoms with Crippen LogP contribution in [-0.2, 0) is 9.53 Å². The lowest BCUT2D eigenvalue weighted by Crippen LogP contribution is -2.41. The standard InChI is InChI=1S/C19H41N2O2PS2/c1-10-19(22)25-13-11-23-12-14-26-24(20(15(2)3)16(4)5)21(17(6)7)18(8)9/h15-18H,10-14H2,1-9H3. The predicted octanol–water partition coefficient (Wildman–Crippen LogP) is 5.87. The SMILES string of the molecule is CCC(=O)SCCOCCSP(N(C(C)C)C(C)C)N(C(C)C)C(C)C. The van der Waals surface area contributed by atoms with Gasteiger partial charge in [-0.1, -0.05) is 30.1 Å². The van der Waals surface area contributed by atoms with Crippen molar-refractivity contribution in [1.29, 1.82) is 0 Å². The van der Waals surface area contributed by atoms with E-state index in [1.54, 1.807) is 0 Å². The van der Waals surface area contributed by atoms with Gasteiger partial charge >= 0.3 is 0 Å². The van der Waals surface area contributed by atoms with Crippen LogP contribution in [0.1, 0.15) is 68.7 Å². The van der Waals surface area contributed by atoms with Gasteiger partial charge < -0.3 is 4.74 Å². The molecule has 156 valence electrons. The lowest BCUT2D eigenvalue weighted by atomic mass is 10.3. The molecule has 0 aliphatic rings. The van der Waals surface area contributed by atoms with Crippen LogP contribution in [0.3, 0.4) is 0 Å². The maximum atomic E-state index is 11.3. The average Bonchev–Trinajstić information content (AvgIpc) is 2.51. The van der Waals surface area contributed by atoms with Gasteiger partial charge in [-0.2, -0.15) is 0 Å². The zero-order chi connectivity index (χ0) is 20.3. The van der Waals surface area contributed by atoms with Gasteiger partial charge in [-0.25, -0.2) is 0 Å². The zero-order valence-corrected chi connectivity index (χ0v) is 20.8. The molecule has 0 atom stereocenters. The summed E-state index contributed by atoms with van der Waals surface area (Å²) in [5.74, 6) is 1.75. The van der Waals surface area contributed by atoms with E-state index in [0.717, 1.165) is 18.1 Å². The minimum absolute atomic E-state index is 0.250. The first-order chi connectivity index (χ1) is 12.1. The minimum atomic E-state index is -0.439. The molecule has 0 saturated heterocycles. The van der Waals surface area contributed by atoms with E-state index in [4.69, 9.17) is 4.74 Å². The highest BCUT2D eigenvalue weighted by atomic mass is 32.7. The number of ether oxygens (including phenoxy) is 1. The second kappa shape index (κ2) is 14.6. The fourth-order valence-electron chi connectivity index (χ4n) is 2.83. The molecule has 0 aromatic heterocycles. The van der Waals surface area contributed by atoms with Crippen molar-refractivity contribution in [3.8, 4) is 0 Å². The molecule has 0 unspecified atom stereocenters. The summed E-state index contributed by atoms with van der Waals surface area (Å²) in [7, 11) is -0.439. The Hall–Kier alpha value is 0.680. The van der Waals surface area contributed by atoms with Crippen molar-refractivity contribution < 1.29 is 9.53 Å². The Morgan fingerprint density at radius 1 is 0.846 bits per heavy atom. The second-order valence-electron chi connectivity index (χ2n) is 7.41. The maximum Gasteiger partial charge on any atom is 0.188 e. The quantitative estimate of drug-likeness (QED) is 0.256. The van der Waals surface area contributed by atoms with E-state index >= 15 is 0 Å². The van der Waals surface area contributed by atoms with Crippen LogP contribution < -0.4 is 0 Å². The lowest BCUT2D eigenvalue weighted by Gasteiger charge is -2.46. The van der Waals surface area contributed by atoms with E-state index in [1.807, 2.05) is 18.3 Å². The van der Waals surface area contributed by atoms with E-state index in [1.165, 1.54) is 11.8 Å². The third-order valence-electron chi connectivity index (χ3n) is 3.73.